The minimum Gasteiger partial charge on any atom is -0.361 e. The van der Waals surface area contributed by atoms with E-state index in [-0.39, 0.29) is 11.9 Å². The van der Waals surface area contributed by atoms with Crippen LogP contribution < -0.4 is 5.32 Å². The lowest BCUT2D eigenvalue weighted by molar-refractivity contribution is -0.132. The van der Waals surface area contributed by atoms with Crippen molar-refractivity contribution < 1.29 is 4.79 Å². The first-order chi connectivity index (χ1) is 14.8. The van der Waals surface area contributed by atoms with Crippen molar-refractivity contribution >= 4 is 39.1 Å². The fourth-order valence-electron chi connectivity index (χ4n) is 4.20. The molecule has 4 aromatic rings. The molecule has 1 fully saturated rings. The van der Waals surface area contributed by atoms with E-state index in [1.165, 1.54) is 22.3 Å². The molecule has 0 radical (unpaired) electrons. The van der Waals surface area contributed by atoms with Gasteiger partial charge in [0.15, 0.2) is 5.13 Å². The van der Waals surface area contributed by atoms with Crippen LogP contribution in [0, 0.1) is 0 Å². The zero-order valence-electron chi connectivity index (χ0n) is 16.5. The van der Waals surface area contributed by atoms with Crippen molar-refractivity contribution in [3.05, 3.63) is 71.5 Å². The van der Waals surface area contributed by atoms with Gasteiger partial charge in [0.1, 0.15) is 5.82 Å². The third-order valence-electron chi connectivity index (χ3n) is 5.64. The van der Waals surface area contributed by atoms with Crippen LogP contribution in [0.2, 0.25) is 0 Å². The number of thiazole rings is 1. The molecule has 152 valence electrons. The molecule has 0 bridgehead atoms. The first-order valence-electron chi connectivity index (χ1n) is 10.3. The molecule has 1 saturated heterocycles. The molecule has 30 heavy (non-hydrogen) atoms. The van der Waals surface area contributed by atoms with E-state index in [1.807, 2.05) is 46.8 Å². The molecule has 1 aliphatic heterocycles. The molecule has 7 heteroatoms. The normalized spacial score (nSPS) is 16.3. The highest BCUT2D eigenvalue weighted by Crippen LogP contribution is 2.32. The van der Waals surface area contributed by atoms with E-state index in [4.69, 9.17) is 4.98 Å². The molecule has 1 aliphatic rings. The number of nitrogens with zero attached hydrogens (tertiary/aromatic N) is 3. The van der Waals surface area contributed by atoms with E-state index in [2.05, 4.69) is 27.4 Å². The summed E-state index contributed by atoms with van der Waals surface area (Å²) in [4.78, 5) is 27.4. The molecular formula is C23H23N5OS. The van der Waals surface area contributed by atoms with Crippen LogP contribution >= 0.6 is 11.3 Å². The Kier molecular flexibility index (Phi) is 5.19. The highest BCUT2D eigenvalue weighted by Gasteiger charge is 2.30. The lowest BCUT2D eigenvalue weighted by Gasteiger charge is -2.24. The number of para-hydroxylation sites is 1. The quantitative estimate of drug-likeness (QED) is 0.460. The van der Waals surface area contributed by atoms with Gasteiger partial charge >= 0.3 is 0 Å². The van der Waals surface area contributed by atoms with Gasteiger partial charge in [-0.1, -0.05) is 24.3 Å². The van der Waals surface area contributed by atoms with Crippen LogP contribution in [0.15, 0.2) is 60.2 Å². The number of carbonyl (C=O) groups is 1. The van der Waals surface area contributed by atoms with Crippen LogP contribution in [0.1, 0.15) is 36.6 Å². The van der Waals surface area contributed by atoms with Crippen molar-refractivity contribution in [3.63, 3.8) is 0 Å². The van der Waals surface area contributed by atoms with Crippen LogP contribution in [0.3, 0.4) is 0 Å². The Labute approximate surface area is 179 Å². The minimum absolute atomic E-state index is 0.0403. The van der Waals surface area contributed by atoms with E-state index in [9.17, 15) is 4.79 Å². The maximum atomic E-state index is 13.1. The van der Waals surface area contributed by atoms with Gasteiger partial charge in [-0.15, -0.1) is 11.3 Å². The molecule has 0 saturated carbocycles. The summed E-state index contributed by atoms with van der Waals surface area (Å²) in [6, 6.07) is 14.2. The Morgan fingerprint density at radius 3 is 3.07 bits per heavy atom. The second-order valence-corrected chi connectivity index (χ2v) is 8.41. The summed E-state index contributed by atoms with van der Waals surface area (Å²) in [6.07, 6.45) is 7.00. The predicted octanol–water partition coefficient (Wildman–Crippen LogP) is 5.06. The van der Waals surface area contributed by atoms with Gasteiger partial charge in [-0.25, -0.2) is 9.97 Å². The number of likely N-dealkylation sites (tertiary alicyclic amines) is 1. The number of nitrogens with one attached hydrogen (secondary N) is 2. The average Bonchev–Trinajstić information content (AvgIpc) is 3.53. The second kappa shape index (κ2) is 8.28. The van der Waals surface area contributed by atoms with Gasteiger partial charge in [0.05, 0.1) is 11.7 Å². The predicted molar refractivity (Wildman–Crippen MR) is 120 cm³/mol. The van der Waals surface area contributed by atoms with Crippen molar-refractivity contribution in [3.8, 4) is 0 Å². The van der Waals surface area contributed by atoms with E-state index in [0.29, 0.717) is 6.42 Å². The van der Waals surface area contributed by atoms with Crippen LogP contribution in [0.4, 0.5) is 10.9 Å². The topological polar surface area (TPSA) is 73.9 Å². The number of anilines is 2. The molecule has 1 amide bonds. The summed E-state index contributed by atoms with van der Waals surface area (Å²) in [5.74, 6) is 0.961. The fraction of sp³-hybridized carbons (Fsp3) is 0.261. The lowest BCUT2D eigenvalue weighted by atomic mass is 10.1. The van der Waals surface area contributed by atoms with E-state index in [0.717, 1.165) is 48.0 Å². The number of aromatic amines is 1. The molecule has 2 N–H and O–H groups in total. The van der Waals surface area contributed by atoms with Gasteiger partial charge in [0.2, 0.25) is 5.91 Å². The van der Waals surface area contributed by atoms with Gasteiger partial charge < -0.3 is 15.2 Å². The van der Waals surface area contributed by atoms with Crippen molar-refractivity contribution in [2.24, 2.45) is 0 Å². The molecule has 4 heterocycles. The van der Waals surface area contributed by atoms with Crippen molar-refractivity contribution in [1.82, 2.24) is 19.9 Å². The molecule has 1 aromatic carbocycles. The lowest BCUT2D eigenvalue weighted by Crippen LogP contribution is -2.31. The second-order valence-electron chi connectivity index (χ2n) is 7.51. The zero-order valence-corrected chi connectivity index (χ0v) is 17.4. The average molecular weight is 418 g/mol. The summed E-state index contributed by atoms with van der Waals surface area (Å²) in [6.45, 7) is 0.795. The van der Waals surface area contributed by atoms with Crippen molar-refractivity contribution in [2.45, 2.75) is 31.7 Å². The van der Waals surface area contributed by atoms with Gasteiger partial charge in [-0.2, -0.15) is 0 Å². The van der Waals surface area contributed by atoms with E-state index in [1.54, 1.807) is 6.20 Å². The van der Waals surface area contributed by atoms with Crippen molar-refractivity contribution in [2.75, 3.05) is 11.9 Å². The Hall–Kier alpha value is -3.19. The highest BCUT2D eigenvalue weighted by molar-refractivity contribution is 7.13. The number of rotatable bonds is 6. The minimum atomic E-state index is 0.0403. The van der Waals surface area contributed by atoms with Crippen LogP contribution in [0.5, 0.6) is 0 Å². The van der Waals surface area contributed by atoms with Gasteiger partial charge in [0, 0.05) is 41.6 Å². The number of aryl methyl sites for hydroxylation is 1. The molecule has 0 unspecified atom stereocenters. The monoisotopic (exact) mass is 417 g/mol. The SMILES string of the molecule is O=C(CCc1c[nH]c2ccccc12)N1CCC[C@H]1c1cccc(Nc2nccs2)n1. The number of hydrogen-bond acceptors (Lipinski definition) is 5. The number of benzene rings is 1. The Morgan fingerprint density at radius 2 is 2.17 bits per heavy atom. The van der Waals surface area contributed by atoms with Crippen LogP contribution in [0.25, 0.3) is 10.9 Å². The Balaban J connectivity index is 1.28. The van der Waals surface area contributed by atoms with Crippen molar-refractivity contribution in [1.29, 1.82) is 0 Å². The van der Waals surface area contributed by atoms with Gasteiger partial charge in [-0.05, 0) is 43.0 Å². The van der Waals surface area contributed by atoms with Gasteiger partial charge in [0.25, 0.3) is 0 Å². The van der Waals surface area contributed by atoms with Gasteiger partial charge in [-0.3, -0.25) is 4.79 Å². The first-order valence-corrected chi connectivity index (χ1v) is 11.1. The summed E-state index contributed by atoms with van der Waals surface area (Å²) >= 11 is 1.54. The zero-order chi connectivity index (χ0) is 20.3. The fourth-order valence-corrected chi connectivity index (χ4v) is 4.73. The molecular weight excluding hydrogens is 394 g/mol. The summed E-state index contributed by atoms with van der Waals surface area (Å²) in [5.41, 5.74) is 3.25. The van der Waals surface area contributed by atoms with Crippen LogP contribution in [-0.4, -0.2) is 32.3 Å². The number of aromatic nitrogens is 3. The number of pyridine rings is 1. The maximum Gasteiger partial charge on any atom is 0.223 e. The van der Waals surface area contributed by atoms with Crippen LogP contribution in [-0.2, 0) is 11.2 Å². The van der Waals surface area contributed by atoms with E-state index < -0.39 is 0 Å². The third-order valence-corrected chi connectivity index (χ3v) is 6.32. The highest BCUT2D eigenvalue weighted by atomic mass is 32.1. The number of hydrogen-bond donors (Lipinski definition) is 2. The molecule has 3 aromatic heterocycles. The molecule has 6 nitrogen and oxygen atoms in total. The molecule has 0 aliphatic carbocycles. The number of carbonyl (C=O) groups excluding carboxylic acids is 1. The smallest absolute Gasteiger partial charge is 0.223 e. The summed E-state index contributed by atoms with van der Waals surface area (Å²) in [7, 11) is 0. The summed E-state index contributed by atoms with van der Waals surface area (Å²) < 4.78 is 0. The molecule has 5 rings (SSSR count). The third kappa shape index (κ3) is 3.80. The Bertz CT molecular complexity index is 1150. The van der Waals surface area contributed by atoms with E-state index >= 15 is 0 Å². The largest absolute Gasteiger partial charge is 0.361 e. The number of fused-ring (bicyclic) bond motifs is 1. The Morgan fingerprint density at radius 1 is 1.23 bits per heavy atom. The molecule has 0 spiro atoms. The summed E-state index contributed by atoms with van der Waals surface area (Å²) in [5, 5.41) is 7.19. The number of amides is 1. The number of H-pyrrole nitrogens is 1. The standard InChI is InChI=1S/C23H23N5OS/c29-22(11-10-16-15-25-18-6-2-1-5-17(16)18)28-13-4-8-20(28)19-7-3-9-21(26-19)27-23-24-12-14-30-23/h1-3,5-7,9,12,14-15,20,25H,4,8,10-11,13H2,(H,24,26,27)/t20-/m0/s1. The molecule has 1 atom stereocenters. The first kappa shape index (κ1) is 18.8. The maximum absolute atomic E-state index is 13.1.